The number of nitrogens with one attached hydrogen (secondary N) is 1. The molecule has 1 aliphatic heterocycles. The van der Waals surface area contributed by atoms with Gasteiger partial charge in [0.2, 0.25) is 0 Å². The predicted molar refractivity (Wildman–Crippen MR) is 109 cm³/mol. The molecular weight excluding hydrogens is 411 g/mol. The summed E-state index contributed by atoms with van der Waals surface area (Å²) in [7, 11) is 1.66. The zero-order chi connectivity index (χ0) is 22.2. The molecule has 2 fully saturated rings. The largest absolute Gasteiger partial charge is 0.416 e. The summed E-state index contributed by atoms with van der Waals surface area (Å²) >= 11 is 0. The van der Waals surface area contributed by atoms with Crippen LogP contribution in [0.5, 0.6) is 0 Å². The average Bonchev–Trinajstić information content (AvgIpc) is 3.36. The van der Waals surface area contributed by atoms with Gasteiger partial charge < -0.3 is 10.2 Å². The van der Waals surface area contributed by atoms with Crippen molar-refractivity contribution in [2.75, 3.05) is 18.4 Å². The van der Waals surface area contributed by atoms with Crippen LogP contribution in [0.3, 0.4) is 0 Å². The molecule has 2 aliphatic rings. The smallest absolute Gasteiger partial charge is 0.324 e. The van der Waals surface area contributed by atoms with Crippen molar-refractivity contribution in [1.29, 1.82) is 0 Å². The van der Waals surface area contributed by atoms with Crippen molar-refractivity contribution in [2.24, 2.45) is 7.05 Å². The van der Waals surface area contributed by atoms with E-state index in [2.05, 4.69) is 10.4 Å². The van der Waals surface area contributed by atoms with Crippen molar-refractivity contribution < 1.29 is 18.0 Å². The van der Waals surface area contributed by atoms with Gasteiger partial charge in [0.1, 0.15) is 5.82 Å². The molecular formula is C21H26F3N5O2. The number of hydrogen-bond acceptors (Lipinski definition) is 3. The molecule has 0 unspecified atom stereocenters. The van der Waals surface area contributed by atoms with Gasteiger partial charge in [0.05, 0.1) is 5.56 Å². The van der Waals surface area contributed by atoms with Crippen molar-refractivity contribution in [2.45, 2.75) is 56.7 Å². The Morgan fingerprint density at radius 1 is 1.13 bits per heavy atom. The fourth-order valence-corrected chi connectivity index (χ4v) is 4.60. The number of piperidine rings is 1. The highest BCUT2D eigenvalue weighted by Crippen LogP contribution is 2.34. The van der Waals surface area contributed by atoms with Crippen molar-refractivity contribution in [3.05, 3.63) is 46.1 Å². The summed E-state index contributed by atoms with van der Waals surface area (Å²) in [5.41, 5.74) is -0.780. The highest BCUT2D eigenvalue weighted by Gasteiger charge is 2.32. The molecule has 168 valence electrons. The average molecular weight is 437 g/mol. The maximum absolute atomic E-state index is 12.9. The van der Waals surface area contributed by atoms with Crippen LogP contribution in [0, 0.1) is 0 Å². The molecule has 0 bridgehead atoms. The van der Waals surface area contributed by atoms with Gasteiger partial charge in [-0.15, -0.1) is 0 Å². The summed E-state index contributed by atoms with van der Waals surface area (Å²) in [6, 6.07) is 4.38. The lowest BCUT2D eigenvalue weighted by Gasteiger charge is -2.32. The number of anilines is 1. The highest BCUT2D eigenvalue weighted by molar-refractivity contribution is 5.89. The number of halogens is 3. The number of carbonyl (C=O) groups is 1. The predicted octanol–water partition coefficient (Wildman–Crippen LogP) is 4.13. The van der Waals surface area contributed by atoms with Crippen LogP contribution in [0.1, 0.15) is 61.9 Å². The third-order valence-corrected chi connectivity index (χ3v) is 6.26. The van der Waals surface area contributed by atoms with Gasteiger partial charge in [0.15, 0.2) is 0 Å². The van der Waals surface area contributed by atoms with Gasteiger partial charge >= 0.3 is 17.9 Å². The van der Waals surface area contributed by atoms with Crippen LogP contribution >= 0.6 is 0 Å². The third kappa shape index (κ3) is 4.47. The van der Waals surface area contributed by atoms with Crippen molar-refractivity contribution in [1.82, 2.24) is 19.2 Å². The van der Waals surface area contributed by atoms with Crippen LogP contribution in [0.25, 0.3) is 0 Å². The first-order valence-electron chi connectivity index (χ1n) is 10.6. The number of nitrogens with zero attached hydrogens (tertiary/aromatic N) is 4. The van der Waals surface area contributed by atoms with E-state index in [0.717, 1.165) is 43.6 Å². The van der Waals surface area contributed by atoms with Gasteiger partial charge in [-0.2, -0.15) is 18.3 Å². The van der Waals surface area contributed by atoms with E-state index in [1.54, 1.807) is 11.9 Å². The Balaban J connectivity index is 1.41. The van der Waals surface area contributed by atoms with E-state index >= 15 is 0 Å². The summed E-state index contributed by atoms with van der Waals surface area (Å²) in [6.07, 6.45) is 1.03. The quantitative estimate of drug-likeness (QED) is 0.785. The minimum absolute atomic E-state index is 0.0760. The van der Waals surface area contributed by atoms with Gasteiger partial charge in [-0.1, -0.05) is 18.9 Å². The summed E-state index contributed by atoms with van der Waals surface area (Å²) in [6.45, 7) is 0.899. The molecule has 1 saturated heterocycles. The fourth-order valence-electron chi connectivity index (χ4n) is 4.60. The lowest BCUT2D eigenvalue weighted by Crippen LogP contribution is -2.41. The molecule has 0 atom stereocenters. The minimum atomic E-state index is -4.46. The van der Waals surface area contributed by atoms with Gasteiger partial charge in [-0.25, -0.2) is 14.3 Å². The molecule has 1 aromatic carbocycles. The number of rotatable bonds is 3. The van der Waals surface area contributed by atoms with Gasteiger partial charge in [-0.3, -0.25) is 4.57 Å². The SMILES string of the molecule is Cn1nc(C2CCN(C(=O)Nc3cccc(C(F)(F)F)c3)CC2)n(C2CCCC2)c1=O. The minimum Gasteiger partial charge on any atom is -0.324 e. The highest BCUT2D eigenvalue weighted by atomic mass is 19.4. The molecule has 2 amide bonds. The molecule has 1 aromatic heterocycles. The lowest BCUT2D eigenvalue weighted by atomic mass is 9.95. The van der Waals surface area contributed by atoms with E-state index < -0.39 is 17.8 Å². The summed E-state index contributed by atoms with van der Waals surface area (Å²) in [5, 5.41) is 7.05. The second kappa shape index (κ2) is 8.39. The molecule has 1 N–H and O–H groups in total. The number of alkyl halides is 3. The first-order valence-corrected chi connectivity index (χ1v) is 10.6. The van der Waals surface area contributed by atoms with Gasteiger partial charge in [0.25, 0.3) is 0 Å². The van der Waals surface area contributed by atoms with Crippen molar-refractivity contribution >= 4 is 11.7 Å². The molecule has 4 rings (SSSR count). The normalized spacial score (nSPS) is 18.5. The van der Waals surface area contributed by atoms with E-state index in [9.17, 15) is 22.8 Å². The Morgan fingerprint density at radius 3 is 2.45 bits per heavy atom. The molecule has 2 aromatic rings. The number of aryl methyl sites for hydroxylation is 1. The van der Waals surface area contributed by atoms with Crippen LogP contribution in [0.15, 0.2) is 29.1 Å². The molecule has 31 heavy (non-hydrogen) atoms. The van der Waals surface area contributed by atoms with Crippen LogP contribution in [0.4, 0.5) is 23.7 Å². The van der Waals surface area contributed by atoms with Crippen molar-refractivity contribution in [3.63, 3.8) is 0 Å². The third-order valence-electron chi connectivity index (χ3n) is 6.26. The zero-order valence-electron chi connectivity index (χ0n) is 17.4. The number of aromatic nitrogens is 3. The van der Waals surface area contributed by atoms with E-state index in [1.807, 2.05) is 4.57 Å². The Labute approximate surface area is 177 Å². The first-order chi connectivity index (χ1) is 14.7. The van der Waals surface area contributed by atoms with E-state index in [1.165, 1.54) is 16.8 Å². The number of carbonyl (C=O) groups excluding carboxylic acids is 1. The zero-order valence-corrected chi connectivity index (χ0v) is 17.4. The van der Waals surface area contributed by atoms with Crippen LogP contribution < -0.4 is 11.0 Å². The molecule has 1 aliphatic carbocycles. The number of amides is 2. The molecule has 0 spiro atoms. The monoisotopic (exact) mass is 437 g/mol. The topological polar surface area (TPSA) is 72.2 Å². The second-order valence-corrected chi connectivity index (χ2v) is 8.34. The number of benzene rings is 1. The molecule has 7 nitrogen and oxygen atoms in total. The Bertz CT molecular complexity index is 999. The molecule has 2 heterocycles. The van der Waals surface area contributed by atoms with Gasteiger partial charge in [0, 0.05) is 37.8 Å². The van der Waals surface area contributed by atoms with Crippen molar-refractivity contribution in [3.8, 4) is 0 Å². The summed E-state index contributed by atoms with van der Waals surface area (Å²) in [5.74, 6) is 0.865. The molecule has 1 saturated carbocycles. The van der Waals surface area contributed by atoms with Gasteiger partial charge in [-0.05, 0) is 43.9 Å². The Kier molecular flexibility index (Phi) is 5.81. The first kappa shape index (κ1) is 21.5. The Morgan fingerprint density at radius 2 is 1.81 bits per heavy atom. The summed E-state index contributed by atoms with van der Waals surface area (Å²) < 4.78 is 41.9. The van der Waals surface area contributed by atoms with Crippen LogP contribution in [0.2, 0.25) is 0 Å². The van der Waals surface area contributed by atoms with E-state index in [0.29, 0.717) is 25.9 Å². The van der Waals surface area contributed by atoms with Crippen LogP contribution in [-0.4, -0.2) is 38.4 Å². The maximum atomic E-state index is 12.9. The Hall–Kier alpha value is -2.78. The number of urea groups is 1. The van der Waals surface area contributed by atoms with E-state index in [-0.39, 0.29) is 23.3 Å². The molecule has 10 heteroatoms. The van der Waals surface area contributed by atoms with E-state index in [4.69, 9.17) is 0 Å². The maximum Gasteiger partial charge on any atom is 0.416 e. The standard InChI is InChI=1S/C21H26F3N5O2/c1-27-20(31)29(17-7-2-3-8-17)18(26-27)14-9-11-28(12-10-14)19(30)25-16-6-4-5-15(13-16)21(22,23)24/h4-6,13-14,17H,2-3,7-12H2,1H3,(H,25,30). The second-order valence-electron chi connectivity index (χ2n) is 8.34. The van der Waals surface area contributed by atoms with Crippen LogP contribution in [-0.2, 0) is 13.2 Å². The number of hydrogen-bond donors (Lipinski definition) is 1. The summed E-state index contributed by atoms with van der Waals surface area (Å²) in [4.78, 5) is 26.8. The lowest BCUT2D eigenvalue weighted by molar-refractivity contribution is -0.137. The molecule has 0 radical (unpaired) electrons. The number of likely N-dealkylation sites (tertiary alicyclic amines) is 1. The fraction of sp³-hybridized carbons (Fsp3) is 0.571.